The van der Waals surface area contributed by atoms with Gasteiger partial charge in [0, 0.05) is 24.6 Å². The molecule has 0 unspecified atom stereocenters. The van der Waals surface area contributed by atoms with Crippen LogP contribution < -0.4 is 10.6 Å². The molecule has 2 N–H and O–H groups in total. The van der Waals surface area contributed by atoms with Crippen LogP contribution in [0.2, 0.25) is 0 Å². The first-order valence-corrected chi connectivity index (χ1v) is 7.50. The molecule has 1 heterocycles. The van der Waals surface area contributed by atoms with Crippen molar-refractivity contribution in [2.75, 3.05) is 11.9 Å². The van der Waals surface area contributed by atoms with Crippen molar-refractivity contribution >= 4 is 17.6 Å². The molecular formula is C16H23N3O2. The molecule has 0 aromatic carbocycles. The molecule has 0 radical (unpaired) electrons. The van der Waals surface area contributed by atoms with E-state index in [1.807, 2.05) is 19.9 Å². The Labute approximate surface area is 125 Å². The second kappa shape index (κ2) is 6.70. The van der Waals surface area contributed by atoms with Crippen LogP contribution in [0.25, 0.3) is 0 Å². The Morgan fingerprint density at radius 1 is 1.29 bits per heavy atom. The zero-order valence-electron chi connectivity index (χ0n) is 12.7. The van der Waals surface area contributed by atoms with Crippen LogP contribution in [0.3, 0.4) is 0 Å². The molecular weight excluding hydrogens is 266 g/mol. The summed E-state index contributed by atoms with van der Waals surface area (Å²) in [5.74, 6) is 0.476. The highest BCUT2D eigenvalue weighted by Gasteiger charge is 2.35. The zero-order chi connectivity index (χ0) is 15.3. The SMILES string of the molecule is Cc1ccc(NC(=O)CCNC(=O)C2(C)CCCC2)nc1. The molecule has 1 aliphatic rings. The van der Waals surface area contributed by atoms with E-state index in [4.69, 9.17) is 0 Å². The number of pyridine rings is 1. The van der Waals surface area contributed by atoms with Gasteiger partial charge in [-0.2, -0.15) is 0 Å². The fraction of sp³-hybridized carbons (Fsp3) is 0.562. The number of rotatable bonds is 5. The van der Waals surface area contributed by atoms with E-state index < -0.39 is 0 Å². The molecule has 1 fully saturated rings. The third kappa shape index (κ3) is 4.28. The van der Waals surface area contributed by atoms with Gasteiger partial charge in [0.25, 0.3) is 0 Å². The summed E-state index contributed by atoms with van der Waals surface area (Å²) in [6, 6.07) is 3.66. The minimum absolute atomic E-state index is 0.0706. The summed E-state index contributed by atoms with van der Waals surface area (Å²) >= 11 is 0. The van der Waals surface area contributed by atoms with E-state index in [9.17, 15) is 9.59 Å². The van der Waals surface area contributed by atoms with Gasteiger partial charge in [0.05, 0.1) is 0 Å². The lowest BCUT2D eigenvalue weighted by Gasteiger charge is -2.22. The number of aromatic nitrogens is 1. The molecule has 2 amide bonds. The van der Waals surface area contributed by atoms with Crippen molar-refractivity contribution in [1.29, 1.82) is 0 Å². The molecule has 0 aliphatic heterocycles. The Balaban J connectivity index is 1.72. The molecule has 1 aromatic heterocycles. The number of aryl methyl sites for hydroxylation is 1. The fourth-order valence-corrected chi connectivity index (χ4v) is 2.63. The lowest BCUT2D eigenvalue weighted by atomic mass is 9.88. The van der Waals surface area contributed by atoms with E-state index in [2.05, 4.69) is 15.6 Å². The molecule has 5 heteroatoms. The van der Waals surface area contributed by atoms with Crippen molar-refractivity contribution in [1.82, 2.24) is 10.3 Å². The van der Waals surface area contributed by atoms with E-state index in [1.165, 1.54) is 0 Å². The van der Waals surface area contributed by atoms with Crippen LogP contribution in [0.1, 0.15) is 44.6 Å². The molecule has 2 rings (SSSR count). The van der Waals surface area contributed by atoms with Crippen LogP contribution in [0.15, 0.2) is 18.3 Å². The number of hydrogen-bond donors (Lipinski definition) is 2. The molecule has 1 saturated carbocycles. The van der Waals surface area contributed by atoms with Crippen LogP contribution in [0.4, 0.5) is 5.82 Å². The molecule has 21 heavy (non-hydrogen) atoms. The minimum atomic E-state index is -0.241. The van der Waals surface area contributed by atoms with Crippen LogP contribution in [0, 0.1) is 12.3 Å². The van der Waals surface area contributed by atoms with Gasteiger partial charge in [0.15, 0.2) is 0 Å². The average molecular weight is 289 g/mol. The normalized spacial score (nSPS) is 16.5. The first-order chi connectivity index (χ1) is 9.99. The highest BCUT2D eigenvalue weighted by molar-refractivity contribution is 5.90. The third-order valence-corrected chi connectivity index (χ3v) is 4.07. The Morgan fingerprint density at radius 2 is 2.00 bits per heavy atom. The highest BCUT2D eigenvalue weighted by Crippen LogP contribution is 2.37. The number of nitrogens with one attached hydrogen (secondary N) is 2. The van der Waals surface area contributed by atoms with Gasteiger partial charge >= 0.3 is 0 Å². The second-order valence-corrected chi connectivity index (χ2v) is 6.04. The summed E-state index contributed by atoms with van der Waals surface area (Å²) in [4.78, 5) is 28.0. The molecule has 114 valence electrons. The molecule has 5 nitrogen and oxygen atoms in total. The molecule has 1 aromatic rings. The summed E-state index contributed by atoms with van der Waals surface area (Å²) in [5, 5.41) is 5.59. The van der Waals surface area contributed by atoms with Crippen LogP contribution in [-0.4, -0.2) is 23.3 Å². The monoisotopic (exact) mass is 289 g/mol. The maximum Gasteiger partial charge on any atom is 0.227 e. The average Bonchev–Trinajstić information content (AvgIpc) is 2.89. The number of amides is 2. The van der Waals surface area contributed by atoms with Crippen LogP contribution >= 0.6 is 0 Å². The van der Waals surface area contributed by atoms with Gasteiger partial charge in [-0.25, -0.2) is 4.98 Å². The molecule has 1 aliphatic carbocycles. The van der Waals surface area contributed by atoms with E-state index >= 15 is 0 Å². The lowest BCUT2D eigenvalue weighted by Crippen LogP contribution is -2.38. The second-order valence-electron chi connectivity index (χ2n) is 6.04. The van der Waals surface area contributed by atoms with E-state index in [-0.39, 0.29) is 23.7 Å². The fourth-order valence-electron chi connectivity index (χ4n) is 2.63. The van der Waals surface area contributed by atoms with Crippen molar-refractivity contribution < 1.29 is 9.59 Å². The summed E-state index contributed by atoms with van der Waals surface area (Å²) < 4.78 is 0. The first-order valence-electron chi connectivity index (χ1n) is 7.50. The number of carbonyl (C=O) groups is 2. The number of nitrogens with zero attached hydrogens (tertiary/aromatic N) is 1. The standard InChI is InChI=1S/C16H23N3O2/c1-12-5-6-13(18-11-12)19-14(20)7-10-17-15(21)16(2)8-3-4-9-16/h5-6,11H,3-4,7-10H2,1-2H3,(H,17,21)(H,18,19,20). The van der Waals surface area contributed by atoms with E-state index in [1.54, 1.807) is 12.3 Å². The Bertz CT molecular complexity index is 505. The maximum absolute atomic E-state index is 12.1. The van der Waals surface area contributed by atoms with Gasteiger partial charge in [0.2, 0.25) is 11.8 Å². The van der Waals surface area contributed by atoms with E-state index in [0.29, 0.717) is 12.4 Å². The third-order valence-electron chi connectivity index (χ3n) is 4.07. The number of carbonyl (C=O) groups excluding carboxylic acids is 2. The van der Waals surface area contributed by atoms with Gasteiger partial charge in [-0.15, -0.1) is 0 Å². The minimum Gasteiger partial charge on any atom is -0.355 e. The van der Waals surface area contributed by atoms with Crippen molar-refractivity contribution in [2.45, 2.75) is 46.0 Å². The molecule has 0 atom stereocenters. The summed E-state index contributed by atoms with van der Waals surface area (Å²) in [7, 11) is 0. The maximum atomic E-state index is 12.1. The van der Waals surface area contributed by atoms with Gasteiger partial charge in [-0.05, 0) is 31.4 Å². The summed E-state index contributed by atoms with van der Waals surface area (Å²) in [6.45, 7) is 4.31. The predicted molar refractivity (Wildman–Crippen MR) is 81.8 cm³/mol. The topological polar surface area (TPSA) is 71.1 Å². The Hall–Kier alpha value is -1.91. The highest BCUT2D eigenvalue weighted by atomic mass is 16.2. The largest absolute Gasteiger partial charge is 0.355 e. The lowest BCUT2D eigenvalue weighted by molar-refractivity contribution is -0.129. The Morgan fingerprint density at radius 3 is 2.62 bits per heavy atom. The van der Waals surface area contributed by atoms with Gasteiger partial charge in [0.1, 0.15) is 5.82 Å². The summed E-state index contributed by atoms with van der Waals surface area (Å²) in [5.41, 5.74) is 0.805. The van der Waals surface area contributed by atoms with Crippen molar-refractivity contribution in [2.24, 2.45) is 5.41 Å². The van der Waals surface area contributed by atoms with Gasteiger partial charge in [-0.3, -0.25) is 9.59 Å². The number of hydrogen-bond acceptors (Lipinski definition) is 3. The molecule has 0 spiro atoms. The van der Waals surface area contributed by atoms with Crippen molar-refractivity contribution in [3.63, 3.8) is 0 Å². The van der Waals surface area contributed by atoms with Crippen LogP contribution in [0.5, 0.6) is 0 Å². The van der Waals surface area contributed by atoms with Crippen LogP contribution in [-0.2, 0) is 9.59 Å². The smallest absolute Gasteiger partial charge is 0.227 e. The van der Waals surface area contributed by atoms with Crippen molar-refractivity contribution in [3.05, 3.63) is 23.9 Å². The molecule has 0 bridgehead atoms. The summed E-state index contributed by atoms with van der Waals surface area (Å²) in [6.07, 6.45) is 6.08. The number of anilines is 1. The predicted octanol–water partition coefficient (Wildman–Crippen LogP) is 2.42. The quantitative estimate of drug-likeness (QED) is 0.874. The van der Waals surface area contributed by atoms with E-state index in [0.717, 1.165) is 31.2 Å². The van der Waals surface area contributed by atoms with Gasteiger partial charge < -0.3 is 10.6 Å². The van der Waals surface area contributed by atoms with Gasteiger partial charge in [-0.1, -0.05) is 25.8 Å². The Kier molecular flexibility index (Phi) is 4.94. The zero-order valence-corrected chi connectivity index (χ0v) is 12.7. The first kappa shape index (κ1) is 15.5. The molecule has 0 saturated heterocycles. The van der Waals surface area contributed by atoms with Crippen molar-refractivity contribution in [3.8, 4) is 0 Å².